The van der Waals surface area contributed by atoms with Gasteiger partial charge in [-0.05, 0) is 6.07 Å². The highest BCUT2D eigenvalue weighted by Crippen LogP contribution is 2.46. The van der Waals surface area contributed by atoms with Crippen LogP contribution in [-0.4, -0.2) is 28.9 Å². The minimum atomic E-state index is -0.552. The van der Waals surface area contributed by atoms with Gasteiger partial charge in [-0.2, -0.15) is 0 Å². The fourth-order valence-electron chi connectivity index (χ4n) is 3.30. The van der Waals surface area contributed by atoms with Gasteiger partial charge in [-0.15, -0.1) is 0 Å². The Bertz CT molecular complexity index is 683. The molecule has 0 spiro atoms. The minimum absolute atomic E-state index is 0.150. The second-order valence-electron chi connectivity index (χ2n) is 5.29. The molecular formula is C14H10N2O5. The van der Waals surface area contributed by atoms with Crippen LogP contribution >= 0.6 is 0 Å². The Morgan fingerprint density at radius 1 is 1.10 bits per heavy atom. The topological polar surface area (TPSA) is 89.8 Å². The maximum atomic E-state index is 12.5. The Morgan fingerprint density at radius 3 is 2.29 bits per heavy atom. The van der Waals surface area contributed by atoms with Crippen LogP contribution in [0.5, 0.6) is 0 Å². The summed E-state index contributed by atoms with van der Waals surface area (Å²) >= 11 is 0. The molecule has 106 valence electrons. The summed E-state index contributed by atoms with van der Waals surface area (Å²) in [6.45, 7) is 0. The third kappa shape index (κ3) is 1.52. The Balaban J connectivity index is 1.74. The molecule has 2 fully saturated rings. The number of anilines is 1. The van der Waals surface area contributed by atoms with E-state index in [9.17, 15) is 19.7 Å². The first-order valence-corrected chi connectivity index (χ1v) is 6.54. The first-order valence-electron chi connectivity index (χ1n) is 6.54. The van der Waals surface area contributed by atoms with Crippen LogP contribution in [0.3, 0.4) is 0 Å². The fraction of sp³-hybridized carbons (Fsp3) is 0.286. The number of ether oxygens (including phenoxy) is 1. The van der Waals surface area contributed by atoms with E-state index >= 15 is 0 Å². The number of nitrogens with zero attached hydrogens (tertiary/aromatic N) is 2. The zero-order valence-corrected chi connectivity index (χ0v) is 10.7. The SMILES string of the molecule is O=C1[C@@H]2[C@H](C(=O)N1c1cccc([N+](=O)[O-])c1)[C@H]1C=C[C@@H]2O1. The standard InChI is InChI=1S/C14H10N2O5/c17-13-11-9-4-5-10(21-9)12(11)14(18)15(13)7-2-1-3-8(6-7)16(19)20/h1-6,9-12H/t9-,10+,11-,12+. The number of hydrogen-bond donors (Lipinski definition) is 0. The van der Waals surface area contributed by atoms with Crippen LogP contribution in [0.25, 0.3) is 0 Å². The summed E-state index contributed by atoms with van der Waals surface area (Å²) < 4.78 is 5.54. The van der Waals surface area contributed by atoms with Gasteiger partial charge in [-0.25, -0.2) is 4.90 Å². The molecule has 7 heteroatoms. The highest BCUT2D eigenvalue weighted by molar-refractivity contribution is 6.23. The van der Waals surface area contributed by atoms with E-state index in [4.69, 9.17) is 4.74 Å². The normalized spacial score (nSPS) is 32.9. The zero-order valence-electron chi connectivity index (χ0n) is 10.7. The lowest BCUT2D eigenvalue weighted by Crippen LogP contribution is -2.34. The second-order valence-corrected chi connectivity index (χ2v) is 5.29. The predicted molar refractivity (Wildman–Crippen MR) is 70.4 cm³/mol. The van der Waals surface area contributed by atoms with Crippen molar-refractivity contribution in [3.63, 3.8) is 0 Å². The van der Waals surface area contributed by atoms with Crippen molar-refractivity contribution in [2.75, 3.05) is 4.90 Å². The van der Waals surface area contributed by atoms with Crippen LogP contribution in [0.4, 0.5) is 11.4 Å². The van der Waals surface area contributed by atoms with Crippen molar-refractivity contribution in [1.29, 1.82) is 0 Å². The van der Waals surface area contributed by atoms with Crippen LogP contribution in [0.2, 0.25) is 0 Å². The van der Waals surface area contributed by atoms with Gasteiger partial charge >= 0.3 is 0 Å². The molecule has 0 N–H and O–H groups in total. The smallest absolute Gasteiger partial charge is 0.271 e. The predicted octanol–water partition coefficient (Wildman–Crippen LogP) is 1.04. The number of imide groups is 1. The molecule has 2 amide bonds. The minimum Gasteiger partial charge on any atom is -0.365 e. The highest BCUT2D eigenvalue weighted by Gasteiger charge is 2.61. The molecule has 0 unspecified atom stereocenters. The lowest BCUT2D eigenvalue weighted by Gasteiger charge is -2.17. The summed E-state index contributed by atoms with van der Waals surface area (Å²) in [7, 11) is 0. The third-order valence-corrected chi connectivity index (χ3v) is 4.21. The molecule has 0 aromatic heterocycles. The Kier molecular flexibility index (Phi) is 2.32. The number of nitro groups is 1. The number of carbonyl (C=O) groups is 2. The molecule has 3 aliphatic heterocycles. The Labute approximate surface area is 118 Å². The average molecular weight is 286 g/mol. The molecule has 3 aliphatic rings. The van der Waals surface area contributed by atoms with Gasteiger partial charge in [0.15, 0.2) is 0 Å². The molecule has 2 saturated heterocycles. The number of benzene rings is 1. The fourth-order valence-corrected chi connectivity index (χ4v) is 3.30. The van der Waals surface area contributed by atoms with Crippen molar-refractivity contribution in [1.82, 2.24) is 0 Å². The van der Waals surface area contributed by atoms with Crippen molar-refractivity contribution >= 4 is 23.2 Å². The molecule has 4 atom stereocenters. The lowest BCUT2D eigenvalue weighted by molar-refractivity contribution is -0.384. The van der Waals surface area contributed by atoms with Gasteiger partial charge in [0.25, 0.3) is 5.69 Å². The van der Waals surface area contributed by atoms with Gasteiger partial charge in [0.1, 0.15) is 0 Å². The molecule has 4 rings (SSSR count). The average Bonchev–Trinajstić information content (AvgIpc) is 3.13. The molecular weight excluding hydrogens is 276 g/mol. The summed E-state index contributed by atoms with van der Waals surface area (Å²) in [6.07, 6.45) is 2.88. The molecule has 0 saturated carbocycles. The van der Waals surface area contributed by atoms with E-state index in [1.807, 2.05) is 0 Å². The van der Waals surface area contributed by atoms with Gasteiger partial charge in [-0.1, -0.05) is 18.2 Å². The van der Waals surface area contributed by atoms with Gasteiger partial charge < -0.3 is 4.74 Å². The Hall–Kier alpha value is -2.54. The summed E-state index contributed by atoms with van der Waals surface area (Å²) in [5, 5.41) is 10.8. The third-order valence-electron chi connectivity index (χ3n) is 4.21. The number of rotatable bonds is 2. The van der Waals surface area contributed by atoms with Gasteiger partial charge in [0.2, 0.25) is 11.8 Å². The molecule has 1 aromatic carbocycles. The van der Waals surface area contributed by atoms with Crippen LogP contribution in [0.1, 0.15) is 0 Å². The summed E-state index contributed by atoms with van der Waals surface area (Å²) in [6, 6.07) is 5.56. The molecule has 3 heterocycles. The maximum Gasteiger partial charge on any atom is 0.271 e. The van der Waals surface area contributed by atoms with Crippen LogP contribution in [0, 0.1) is 22.0 Å². The van der Waals surface area contributed by atoms with E-state index in [1.54, 1.807) is 12.2 Å². The Morgan fingerprint density at radius 2 is 1.71 bits per heavy atom. The van der Waals surface area contributed by atoms with Crippen molar-refractivity contribution in [2.24, 2.45) is 11.8 Å². The number of nitro benzene ring substituents is 1. The summed E-state index contributed by atoms with van der Waals surface area (Å²) in [4.78, 5) is 36.3. The van der Waals surface area contributed by atoms with E-state index in [0.29, 0.717) is 0 Å². The first-order chi connectivity index (χ1) is 10.1. The van der Waals surface area contributed by atoms with Crippen molar-refractivity contribution in [3.05, 3.63) is 46.5 Å². The zero-order chi connectivity index (χ0) is 14.7. The maximum absolute atomic E-state index is 12.5. The van der Waals surface area contributed by atoms with E-state index in [1.165, 1.54) is 24.3 Å². The van der Waals surface area contributed by atoms with Gasteiger partial charge in [0.05, 0.1) is 34.7 Å². The molecule has 7 nitrogen and oxygen atoms in total. The number of amides is 2. The molecule has 1 aromatic rings. The molecule has 0 aliphatic carbocycles. The monoisotopic (exact) mass is 286 g/mol. The van der Waals surface area contributed by atoms with Gasteiger partial charge in [0, 0.05) is 12.1 Å². The number of carbonyl (C=O) groups excluding carboxylic acids is 2. The van der Waals surface area contributed by atoms with E-state index in [2.05, 4.69) is 0 Å². The quantitative estimate of drug-likeness (QED) is 0.350. The number of hydrogen-bond acceptors (Lipinski definition) is 5. The molecule has 0 radical (unpaired) electrons. The van der Waals surface area contributed by atoms with Gasteiger partial charge in [-0.3, -0.25) is 19.7 Å². The number of fused-ring (bicyclic) bond motifs is 5. The molecule has 2 bridgehead atoms. The summed E-state index contributed by atoms with van der Waals surface area (Å²) in [5.74, 6) is -1.71. The van der Waals surface area contributed by atoms with Crippen molar-refractivity contribution in [3.8, 4) is 0 Å². The van der Waals surface area contributed by atoms with Crippen LogP contribution in [0.15, 0.2) is 36.4 Å². The van der Waals surface area contributed by atoms with E-state index in [-0.39, 0.29) is 35.4 Å². The highest BCUT2D eigenvalue weighted by atomic mass is 16.6. The summed E-state index contributed by atoms with van der Waals surface area (Å²) in [5.41, 5.74) is 0.0931. The van der Waals surface area contributed by atoms with Crippen molar-refractivity contribution < 1.29 is 19.2 Å². The molecule has 21 heavy (non-hydrogen) atoms. The largest absolute Gasteiger partial charge is 0.365 e. The lowest BCUT2D eigenvalue weighted by atomic mass is 9.85. The van der Waals surface area contributed by atoms with Crippen LogP contribution in [-0.2, 0) is 14.3 Å². The first kappa shape index (κ1) is 12.2. The van der Waals surface area contributed by atoms with Crippen molar-refractivity contribution in [2.45, 2.75) is 12.2 Å². The van der Waals surface area contributed by atoms with E-state index < -0.39 is 16.8 Å². The van der Waals surface area contributed by atoms with Crippen LogP contribution < -0.4 is 4.90 Å². The van der Waals surface area contributed by atoms with E-state index in [0.717, 1.165) is 4.90 Å². The number of non-ortho nitro benzene ring substituents is 1. The second kappa shape index (κ2) is 3.98.